The van der Waals surface area contributed by atoms with Gasteiger partial charge < -0.3 is 0 Å². The number of aromatic nitrogens is 12. The molecule has 0 radical (unpaired) electrons. The summed E-state index contributed by atoms with van der Waals surface area (Å²) < 4.78 is 6.66. The van der Waals surface area contributed by atoms with E-state index in [2.05, 4.69) is 67.5 Å². The summed E-state index contributed by atoms with van der Waals surface area (Å²) in [4.78, 5) is 3.56. The van der Waals surface area contributed by atoms with Crippen molar-refractivity contribution in [2.24, 2.45) is 0 Å². The molecule has 2 aromatic carbocycles. The van der Waals surface area contributed by atoms with Crippen LogP contribution >= 0.6 is 0 Å². The van der Waals surface area contributed by atoms with Gasteiger partial charge in [-0.05, 0) is 47.5 Å². The molecule has 160 valence electrons. The van der Waals surface area contributed by atoms with Crippen molar-refractivity contribution in [3.63, 3.8) is 0 Å². The van der Waals surface area contributed by atoms with Gasteiger partial charge in [0, 0.05) is 0 Å². The number of benzene rings is 2. The molecule has 4 heterocycles. The fourth-order valence-electron chi connectivity index (χ4n) is 3.30. The smallest absolute Gasteiger partial charge is 0.0844 e. The molecule has 0 fully saturated rings. The maximum atomic E-state index is 4.19. The topological polar surface area (TPSA) is 116 Å². The van der Waals surface area contributed by atoms with Gasteiger partial charge in [-0.1, -0.05) is 45.9 Å². The van der Waals surface area contributed by atoms with Crippen LogP contribution in [0.15, 0.2) is 85.5 Å². The first-order valence-electron chi connectivity index (χ1n) is 9.96. The summed E-state index contributed by atoms with van der Waals surface area (Å²) in [6.07, 6.45) is 11.3. The zero-order chi connectivity index (χ0) is 21.3. The summed E-state index contributed by atoms with van der Waals surface area (Å²) >= 11 is 0. The Hall–Kier alpha value is -5.00. The highest BCUT2D eigenvalue weighted by Crippen LogP contribution is 2.13. The molecule has 0 saturated carbocycles. The fourth-order valence-corrected chi connectivity index (χ4v) is 3.30. The second kappa shape index (κ2) is 7.36. The number of hydrogen-bond donors (Lipinski definition) is 4. The van der Waals surface area contributed by atoms with Crippen LogP contribution < -0.4 is 0 Å². The minimum absolute atomic E-state index is 0.960. The molecular formula is C20H20N12. The van der Waals surface area contributed by atoms with E-state index in [4.69, 9.17) is 0 Å². The molecule has 0 amide bonds. The molecule has 4 aromatic heterocycles. The van der Waals surface area contributed by atoms with Crippen molar-refractivity contribution in [2.45, 2.75) is 0 Å². The Kier molecular flexibility index (Phi) is 4.10. The Labute approximate surface area is 180 Å². The van der Waals surface area contributed by atoms with Gasteiger partial charge in [0.2, 0.25) is 0 Å². The second-order valence-electron chi connectivity index (χ2n) is 7.07. The van der Waals surface area contributed by atoms with Crippen LogP contribution in [0.2, 0.25) is 0 Å². The highest BCUT2D eigenvalue weighted by molar-refractivity contribution is 5.70. The minimum atomic E-state index is 0.960. The molecule has 0 aliphatic rings. The first-order chi connectivity index (χ1) is 15.8. The van der Waals surface area contributed by atoms with Crippen molar-refractivity contribution in [3.8, 4) is 11.4 Å². The number of H-pyrrole nitrogens is 4. The van der Waals surface area contributed by atoms with Crippen LogP contribution in [0.1, 0.15) is 11.1 Å². The molecule has 12 nitrogen and oxygen atoms in total. The SMILES string of the molecule is C(=Cc1ccc(-n2[nH]n3cccnn3[nH]2)cc1)c1ccc(-n2[nH]n3cccnn3[nH]2)cc1. The summed E-state index contributed by atoms with van der Waals surface area (Å²) in [6.45, 7) is 0. The van der Waals surface area contributed by atoms with E-state index in [9.17, 15) is 0 Å². The van der Waals surface area contributed by atoms with Gasteiger partial charge in [0.05, 0.1) is 36.2 Å². The monoisotopic (exact) mass is 428 g/mol. The number of rotatable bonds is 4. The number of aromatic amines is 4. The average Bonchev–Trinajstić information content (AvgIpc) is 3.48. The van der Waals surface area contributed by atoms with Crippen LogP contribution in [0.25, 0.3) is 23.5 Å². The molecule has 12 heteroatoms. The van der Waals surface area contributed by atoms with Gasteiger partial charge in [-0.15, -0.1) is 19.5 Å². The second-order valence-corrected chi connectivity index (χ2v) is 7.07. The molecule has 0 aliphatic heterocycles. The molecule has 6 aromatic rings. The van der Waals surface area contributed by atoms with E-state index in [1.807, 2.05) is 48.8 Å². The third-order valence-corrected chi connectivity index (χ3v) is 4.94. The van der Waals surface area contributed by atoms with Gasteiger partial charge >= 0.3 is 0 Å². The first-order valence-corrected chi connectivity index (χ1v) is 9.96. The lowest BCUT2D eigenvalue weighted by atomic mass is 10.1. The molecule has 0 bridgehead atoms. The van der Waals surface area contributed by atoms with Crippen molar-refractivity contribution in [1.29, 1.82) is 0 Å². The standard InChI is InChI=1S/C20H20N12/c1-13-21-31-25-29(23-27(31)15-1)19-9-5-17(6-10-19)3-4-18-7-11-20(12-8-18)30-24-28-16-2-14-22-32(28)26-30/h1-16,23-26H. The van der Waals surface area contributed by atoms with E-state index in [1.165, 1.54) is 0 Å². The van der Waals surface area contributed by atoms with Crippen molar-refractivity contribution < 1.29 is 0 Å². The molecule has 0 aliphatic carbocycles. The predicted molar refractivity (Wildman–Crippen MR) is 118 cm³/mol. The largest absolute Gasteiger partial charge is 0.197 e. The lowest BCUT2D eigenvalue weighted by molar-refractivity contribution is 0.573. The summed E-state index contributed by atoms with van der Waals surface area (Å²) in [5, 5.41) is 20.9. The van der Waals surface area contributed by atoms with Crippen LogP contribution in [0, 0.1) is 0 Å². The highest BCUT2D eigenvalue weighted by atomic mass is 15.8. The maximum Gasteiger partial charge on any atom is 0.0844 e. The predicted octanol–water partition coefficient (Wildman–Crippen LogP) is 2.49. The van der Waals surface area contributed by atoms with Gasteiger partial charge in [0.1, 0.15) is 0 Å². The van der Waals surface area contributed by atoms with Gasteiger partial charge in [-0.2, -0.15) is 30.4 Å². The lowest BCUT2D eigenvalue weighted by Gasteiger charge is -2.02. The molecule has 0 atom stereocenters. The quantitative estimate of drug-likeness (QED) is 0.323. The summed E-state index contributed by atoms with van der Waals surface area (Å²) in [5.74, 6) is 0. The minimum Gasteiger partial charge on any atom is -0.197 e. The Bertz CT molecular complexity index is 1380. The molecule has 4 N–H and O–H groups in total. The number of hydrogen-bond acceptors (Lipinski definition) is 2. The van der Waals surface area contributed by atoms with E-state index in [0.29, 0.717) is 0 Å². The van der Waals surface area contributed by atoms with E-state index in [0.717, 1.165) is 22.5 Å². The maximum absolute atomic E-state index is 4.19. The van der Waals surface area contributed by atoms with Crippen molar-refractivity contribution in [3.05, 3.63) is 96.6 Å². The Morgan fingerprint density at radius 2 is 1.00 bits per heavy atom. The summed E-state index contributed by atoms with van der Waals surface area (Å²) in [6, 6.07) is 20.1. The Morgan fingerprint density at radius 1 is 0.562 bits per heavy atom. The first kappa shape index (κ1) is 17.8. The molecule has 0 spiro atoms. The fraction of sp³-hybridized carbons (Fsp3) is 0. The Balaban J connectivity index is 1.19. The number of nitrogens with one attached hydrogen (secondary N) is 4. The van der Waals surface area contributed by atoms with E-state index < -0.39 is 0 Å². The van der Waals surface area contributed by atoms with Crippen molar-refractivity contribution in [2.75, 3.05) is 0 Å². The third kappa shape index (κ3) is 3.31. The average molecular weight is 428 g/mol. The van der Waals surface area contributed by atoms with Crippen LogP contribution in [0.4, 0.5) is 0 Å². The zero-order valence-electron chi connectivity index (χ0n) is 16.8. The molecule has 0 unspecified atom stereocenters. The highest BCUT2D eigenvalue weighted by Gasteiger charge is 2.00. The van der Waals surface area contributed by atoms with E-state index >= 15 is 0 Å². The third-order valence-electron chi connectivity index (χ3n) is 4.94. The Morgan fingerprint density at radius 3 is 1.41 bits per heavy atom. The van der Waals surface area contributed by atoms with Crippen LogP contribution in [-0.4, -0.2) is 59.4 Å². The van der Waals surface area contributed by atoms with E-state index in [1.54, 1.807) is 40.7 Å². The number of fused-ring (bicyclic) bond motifs is 2. The van der Waals surface area contributed by atoms with Gasteiger partial charge in [-0.3, -0.25) is 0 Å². The van der Waals surface area contributed by atoms with E-state index in [-0.39, 0.29) is 0 Å². The lowest BCUT2D eigenvalue weighted by Crippen LogP contribution is -2.02. The van der Waals surface area contributed by atoms with Gasteiger partial charge in [0.25, 0.3) is 0 Å². The van der Waals surface area contributed by atoms with Crippen molar-refractivity contribution in [1.82, 2.24) is 59.4 Å². The molecule has 32 heavy (non-hydrogen) atoms. The number of nitrogens with zero attached hydrogens (tertiary/aromatic N) is 8. The summed E-state index contributed by atoms with van der Waals surface area (Å²) in [5.41, 5.74) is 4.12. The zero-order valence-corrected chi connectivity index (χ0v) is 16.8. The molecule has 0 saturated heterocycles. The van der Waals surface area contributed by atoms with Gasteiger partial charge in [-0.25, -0.2) is 0 Å². The molecular weight excluding hydrogens is 408 g/mol. The van der Waals surface area contributed by atoms with Crippen LogP contribution in [-0.2, 0) is 0 Å². The van der Waals surface area contributed by atoms with Crippen LogP contribution in [0.3, 0.4) is 0 Å². The van der Waals surface area contributed by atoms with Gasteiger partial charge in [0.15, 0.2) is 0 Å². The van der Waals surface area contributed by atoms with Crippen LogP contribution in [0.5, 0.6) is 0 Å². The normalized spacial score (nSPS) is 11.6. The van der Waals surface area contributed by atoms with Crippen molar-refractivity contribution >= 4 is 12.2 Å². The molecule has 6 rings (SSSR count). The summed E-state index contributed by atoms with van der Waals surface area (Å²) in [7, 11) is 0.